The fourth-order valence-electron chi connectivity index (χ4n) is 2.01. The molecule has 0 unspecified atom stereocenters. The van der Waals surface area contributed by atoms with E-state index in [2.05, 4.69) is 26.5 Å². The lowest BCUT2D eigenvalue weighted by Crippen LogP contribution is -2.18. The quantitative estimate of drug-likeness (QED) is 0.554. The number of carbonyl (C=O) groups is 1. The summed E-state index contributed by atoms with van der Waals surface area (Å²) in [6.07, 6.45) is 0.887. The predicted octanol–water partition coefficient (Wildman–Crippen LogP) is 4.12. The number of carbonyl (C=O) groups excluding carboxylic acids is 1. The van der Waals surface area contributed by atoms with Gasteiger partial charge in [-0.3, -0.25) is 0 Å². The van der Waals surface area contributed by atoms with Crippen molar-refractivity contribution in [2.75, 3.05) is 13.7 Å². The lowest BCUT2D eigenvalue weighted by Gasteiger charge is -2.13. The molecule has 0 aliphatic carbocycles. The summed E-state index contributed by atoms with van der Waals surface area (Å²) < 4.78 is 16.7. The van der Waals surface area contributed by atoms with Gasteiger partial charge < -0.3 is 14.2 Å². The Kier molecular flexibility index (Phi) is 7.28. The highest BCUT2D eigenvalue weighted by atomic mass is 79.9. The molecule has 132 valence electrons. The molecule has 0 atom stereocenters. The Balaban J connectivity index is 2.09. The van der Waals surface area contributed by atoms with Gasteiger partial charge in [0.1, 0.15) is 6.61 Å². The molecule has 1 amide bonds. The van der Waals surface area contributed by atoms with E-state index in [0.717, 1.165) is 15.6 Å². The topological polar surface area (TPSA) is 69.2 Å². The third-order valence-corrected chi connectivity index (χ3v) is 3.71. The number of rotatable bonds is 7. The minimum Gasteiger partial charge on any atom is -0.493 e. The van der Waals surface area contributed by atoms with E-state index in [4.69, 9.17) is 14.2 Å². The molecule has 0 fully saturated rings. The highest BCUT2D eigenvalue weighted by molar-refractivity contribution is 9.10. The van der Waals surface area contributed by atoms with E-state index in [-0.39, 0.29) is 6.61 Å². The zero-order chi connectivity index (χ0) is 18.1. The first-order chi connectivity index (χ1) is 12.1. The average Bonchev–Trinajstić information content (AvgIpc) is 2.61. The molecular formula is C18H19BrN2O4. The first-order valence-electron chi connectivity index (χ1n) is 7.64. The van der Waals surface area contributed by atoms with Gasteiger partial charge in [0.2, 0.25) is 0 Å². The van der Waals surface area contributed by atoms with Crippen molar-refractivity contribution in [2.45, 2.75) is 13.5 Å². The Bertz CT molecular complexity index is 735. The van der Waals surface area contributed by atoms with Gasteiger partial charge in [0.05, 0.1) is 24.4 Å². The van der Waals surface area contributed by atoms with Crippen molar-refractivity contribution in [3.63, 3.8) is 0 Å². The maximum Gasteiger partial charge on any atom is 0.427 e. The molecule has 1 N–H and O–H groups in total. The van der Waals surface area contributed by atoms with Gasteiger partial charge in [0.25, 0.3) is 0 Å². The monoisotopic (exact) mass is 406 g/mol. The number of halogens is 1. The van der Waals surface area contributed by atoms with Crippen LogP contribution in [0, 0.1) is 0 Å². The minimum absolute atomic E-state index is 0.286. The van der Waals surface area contributed by atoms with Crippen LogP contribution in [-0.4, -0.2) is 26.0 Å². The summed E-state index contributed by atoms with van der Waals surface area (Å²) in [5.74, 6) is 1.16. The van der Waals surface area contributed by atoms with E-state index in [9.17, 15) is 4.79 Å². The Morgan fingerprint density at radius 2 is 2.04 bits per heavy atom. The number of hydrogen-bond donors (Lipinski definition) is 1. The van der Waals surface area contributed by atoms with Crippen molar-refractivity contribution in [3.05, 3.63) is 58.1 Å². The summed E-state index contributed by atoms with van der Waals surface area (Å²) in [7, 11) is 1.56. The van der Waals surface area contributed by atoms with Crippen LogP contribution >= 0.6 is 15.9 Å². The normalized spacial score (nSPS) is 10.5. The third kappa shape index (κ3) is 5.79. The molecule has 0 saturated carbocycles. The van der Waals surface area contributed by atoms with E-state index >= 15 is 0 Å². The molecule has 2 aromatic carbocycles. The number of nitrogens with zero attached hydrogens (tertiary/aromatic N) is 1. The molecule has 0 aliphatic heterocycles. The summed E-state index contributed by atoms with van der Waals surface area (Å²) in [5, 5.41) is 3.83. The van der Waals surface area contributed by atoms with Crippen LogP contribution in [0.3, 0.4) is 0 Å². The first kappa shape index (κ1) is 18.8. The van der Waals surface area contributed by atoms with E-state index in [1.807, 2.05) is 36.4 Å². The van der Waals surface area contributed by atoms with Crippen LogP contribution in [0.15, 0.2) is 52.0 Å². The molecule has 0 radical (unpaired) electrons. The maximum atomic E-state index is 11.2. The molecule has 7 heteroatoms. The largest absolute Gasteiger partial charge is 0.493 e. The second-order valence-electron chi connectivity index (χ2n) is 4.90. The highest BCUT2D eigenvalue weighted by Crippen LogP contribution is 2.36. The SMILES string of the molecule is CCOC(=O)N/N=C/c1cc(Br)c(OCc2ccccc2)c(OC)c1. The fourth-order valence-corrected chi connectivity index (χ4v) is 2.58. The fraction of sp³-hybridized carbons (Fsp3) is 0.222. The zero-order valence-electron chi connectivity index (χ0n) is 14.0. The predicted molar refractivity (Wildman–Crippen MR) is 99.2 cm³/mol. The summed E-state index contributed by atoms with van der Waals surface area (Å²) in [5.41, 5.74) is 4.06. The minimum atomic E-state index is -0.604. The number of benzene rings is 2. The summed E-state index contributed by atoms with van der Waals surface area (Å²) in [4.78, 5) is 11.2. The standard InChI is InChI=1S/C18H19BrN2O4/c1-3-24-18(22)21-20-11-14-9-15(19)17(16(10-14)23-2)25-12-13-7-5-4-6-8-13/h4-11H,3,12H2,1-2H3,(H,21,22)/b20-11+. The van der Waals surface area contributed by atoms with Crippen LogP contribution in [0.1, 0.15) is 18.1 Å². The molecule has 0 aromatic heterocycles. The van der Waals surface area contributed by atoms with Crippen molar-refractivity contribution in [1.29, 1.82) is 0 Å². The second kappa shape index (κ2) is 9.68. The van der Waals surface area contributed by atoms with Crippen LogP contribution in [0.25, 0.3) is 0 Å². The number of methoxy groups -OCH3 is 1. The Morgan fingerprint density at radius 1 is 1.28 bits per heavy atom. The molecule has 25 heavy (non-hydrogen) atoms. The Labute approximate surface area is 154 Å². The van der Waals surface area contributed by atoms with Gasteiger partial charge in [-0.15, -0.1) is 0 Å². The van der Waals surface area contributed by atoms with Gasteiger partial charge >= 0.3 is 6.09 Å². The molecule has 2 aromatic rings. The molecular weight excluding hydrogens is 388 g/mol. The van der Waals surface area contributed by atoms with Gasteiger partial charge in [-0.2, -0.15) is 5.10 Å². The van der Waals surface area contributed by atoms with Crippen LogP contribution in [-0.2, 0) is 11.3 Å². The van der Waals surface area contributed by atoms with Crippen LogP contribution in [0.5, 0.6) is 11.5 Å². The zero-order valence-corrected chi connectivity index (χ0v) is 15.6. The first-order valence-corrected chi connectivity index (χ1v) is 8.43. The molecule has 0 spiro atoms. The van der Waals surface area contributed by atoms with Crippen LogP contribution in [0.4, 0.5) is 4.79 Å². The molecule has 2 rings (SSSR count). The smallest absolute Gasteiger partial charge is 0.427 e. The number of hydrazone groups is 1. The van der Waals surface area contributed by atoms with Gasteiger partial charge in [0.15, 0.2) is 11.5 Å². The van der Waals surface area contributed by atoms with Gasteiger partial charge in [-0.05, 0) is 46.1 Å². The molecule has 0 bridgehead atoms. The summed E-state index contributed by atoms with van der Waals surface area (Å²) in [6.45, 7) is 2.43. The average molecular weight is 407 g/mol. The van der Waals surface area contributed by atoms with E-state index in [1.54, 1.807) is 20.1 Å². The van der Waals surface area contributed by atoms with Crippen LogP contribution in [0.2, 0.25) is 0 Å². The summed E-state index contributed by atoms with van der Waals surface area (Å²) >= 11 is 3.48. The molecule has 6 nitrogen and oxygen atoms in total. The van der Waals surface area contributed by atoms with Gasteiger partial charge in [-0.1, -0.05) is 30.3 Å². The highest BCUT2D eigenvalue weighted by Gasteiger charge is 2.11. The number of ether oxygens (including phenoxy) is 3. The van der Waals surface area contributed by atoms with Crippen LogP contribution < -0.4 is 14.9 Å². The lowest BCUT2D eigenvalue weighted by atomic mass is 10.2. The van der Waals surface area contributed by atoms with Crippen molar-refractivity contribution in [2.24, 2.45) is 5.10 Å². The van der Waals surface area contributed by atoms with Crippen molar-refractivity contribution in [3.8, 4) is 11.5 Å². The van der Waals surface area contributed by atoms with E-state index in [1.165, 1.54) is 6.21 Å². The lowest BCUT2D eigenvalue weighted by molar-refractivity contribution is 0.152. The number of nitrogens with one attached hydrogen (secondary N) is 1. The van der Waals surface area contributed by atoms with Gasteiger partial charge in [-0.25, -0.2) is 10.2 Å². The van der Waals surface area contributed by atoms with Crippen molar-refractivity contribution < 1.29 is 19.0 Å². The second-order valence-corrected chi connectivity index (χ2v) is 5.75. The maximum absolute atomic E-state index is 11.2. The van der Waals surface area contributed by atoms with E-state index < -0.39 is 6.09 Å². The molecule has 0 saturated heterocycles. The number of hydrogen-bond acceptors (Lipinski definition) is 5. The van der Waals surface area contributed by atoms with Crippen molar-refractivity contribution in [1.82, 2.24) is 5.43 Å². The Morgan fingerprint density at radius 3 is 2.72 bits per heavy atom. The molecule has 0 heterocycles. The van der Waals surface area contributed by atoms with E-state index in [0.29, 0.717) is 18.1 Å². The van der Waals surface area contributed by atoms with Gasteiger partial charge in [0, 0.05) is 0 Å². The van der Waals surface area contributed by atoms with Crippen molar-refractivity contribution >= 4 is 28.2 Å². The summed E-state index contributed by atoms with van der Waals surface area (Å²) in [6, 6.07) is 13.4. The Hall–Kier alpha value is -2.54. The number of amides is 1. The third-order valence-electron chi connectivity index (χ3n) is 3.12. The molecule has 0 aliphatic rings.